The van der Waals surface area contributed by atoms with Crippen LogP contribution in [-0.2, 0) is 4.79 Å². The van der Waals surface area contributed by atoms with E-state index in [1.165, 1.54) is 6.07 Å². The maximum absolute atomic E-state index is 14.5. The van der Waals surface area contributed by atoms with Gasteiger partial charge in [-0.05, 0) is 36.8 Å². The SMILES string of the molecule is CCCOc1cc(F)c(C(CCC)CC(=O)O)cc1OCCC. The minimum atomic E-state index is -0.926. The number of hydrogen-bond acceptors (Lipinski definition) is 3. The summed E-state index contributed by atoms with van der Waals surface area (Å²) < 4.78 is 25.7. The highest BCUT2D eigenvalue weighted by Crippen LogP contribution is 2.36. The van der Waals surface area contributed by atoms with Crippen molar-refractivity contribution in [2.45, 2.75) is 58.8 Å². The van der Waals surface area contributed by atoms with Crippen LogP contribution in [0.15, 0.2) is 12.1 Å². The topological polar surface area (TPSA) is 55.8 Å². The first kappa shape index (κ1) is 19.3. The summed E-state index contributed by atoms with van der Waals surface area (Å²) in [5, 5.41) is 9.07. The average Bonchev–Trinajstić information content (AvgIpc) is 2.51. The molecule has 0 aliphatic rings. The quantitative estimate of drug-likeness (QED) is 0.637. The summed E-state index contributed by atoms with van der Waals surface area (Å²) >= 11 is 0. The summed E-state index contributed by atoms with van der Waals surface area (Å²) in [6.45, 7) is 6.91. The van der Waals surface area contributed by atoms with E-state index in [0.29, 0.717) is 36.7 Å². The van der Waals surface area contributed by atoms with Gasteiger partial charge in [0, 0.05) is 6.07 Å². The second-order valence-electron chi connectivity index (χ2n) is 5.60. The van der Waals surface area contributed by atoms with Crippen molar-refractivity contribution in [1.29, 1.82) is 0 Å². The number of carboxylic acid groups (broad SMARTS) is 1. The Labute approximate surface area is 137 Å². The van der Waals surface area contributed by atoms with Crippen LogP contribution in [0.1, 0.15) is 64.4 Å². The minimum absolute atomic E-state index is 0.0901. The molecule has 0 aromatic heterocycles. The van der Waals surface area contributed by atoms with E-state index in [1.54, 1.807) is 6.07 Å². The maximum Gasteiger partial charge on any atom is 0.303 e. The van der Waals surface area contributed by atoms with Crippen LogP contribution in [0, 0.1) is 5.82 Å². The fraction of sp³-hybridized carbons (Fsp3) is 0.611. The van der Waals surface area contributed by atoms with Crippen molar-refractivity contribution in [3.8, 4) is 11.5 Å². The van der Waals surface area contributed by atoms with Crippen LogP contribution < -0.4 is 9.47 Å². The van der Waals surface area contributed by atoms with Crippen LogP contribution >= 0.6 is 0 Å². The molecule has 0 heterocycles. The van der Waals surface area contributed by atoms with Gasteiger partial charge < -0.3 is 14.6 Å². The summed E-state index contributed by atoms with van der Waals surface area (Å²) in [4.78, 5) is 11.1. The Morgan fingerprint density at radius 1 is 1.09 bits per heavy atom. The van der Waals surface area contributed by atoms with Crippen molar-refractivity contribution in [2.24, 2.45) is 0 Å². The molecule has 0 aliphatic carbocycles. The largest absolute Gasteiger partial charge is 0.490 e. The molecule has 1 rings (SSSR count). The lowest BCUT2D eigenvalue weighted by Gasteiger charge is -2.19. The molecule has 1 N–H and O–H groups in total. The molecule has 0 saturated heterocycles. The summed E-state index contributed by atoms with van der Waals surface area (Å²) in [7, 11) is 0. The highest BCUT2D eigenvalue weighted by molar-refractivity contribution is 5.68. The molecule has 1 unspecified atom stereocenters. The molecule has 0 amide bonds. The number of carboxylic acids is 1. The predicted molar refractivity (Wildman–Crippen MR) is 87.9 cm³/mol. The fourth-order valence-electron chi connectivity index (χ4n) is 2.44. The number of carbonyl (C=O) groups is 1. The third kappa shape index (κ3) is 6.08. The van der Waals surface area contributed by atoms with E-state index in [2.05, 4.69) is 0 Å². The zero-order valence-electron chi connectivity index (χ0n) is 14.2. The Hall–Kier alpha value is -1.78. The van der Waals surface area contributed by atoms with Gasteiger partial charge in [-0.25, -0.2) is 4.39 Å². The van der Waals surface area contributed by atoms with Crippen LogP contribution in [0.2, 0.25) is 0 Å². The van der Waals surface area contributed by atoms with Gasteiger partial charge in [0.2, 0.25) is 0 Å². The van der Waals surface area contributed by atoms with E-state index in [9.17, 15) is 9.18 Å². The van der Waals surface area contributed by atoms with Gasteiger partial charge in [0.15, 0.2) is 11.5 Å². The highest BCUT2D eigenvalue weighted by atomic mass is 19.1. The lowest BCUT2D eigenvalue weighted by atomic mass is 9.90. The number of hydrogen-bond donors (Lipinski definition) is 1. The van der Waals surface area contributed by atoms with Crippen molar-refractivity contribution < 1.29 is 23.8 Å². The Morgan fingerprint density at radius 3 is 2.13 bits per heavy atom. The maximum atomic E-state index is 14.5. The molecule has 0 spiro atoms. The van der Waals surface area contributed by atoms with Crippen molar-refractivity contribution in [3.05, 3.63) is 23.5 Å². The average molecular weight is 326 g/mol. The summed E-state index contributed by atoms with van der Waals surface area (Å²) in [6, 6.07) is 2.93. The molecule has 5 heteroatoms. The molecule has 0 saturated carbocycles. The van der Waals surface area contributed by atoms with Crippen molar-refractivity contribution >= 4 is 5.97 Å². The first-order valence-electron chi connectivity index (χ1n) is 8.34. The number of rotatable bonds is 11. The highest BCUT2D eigenvalue weighted by Gasteiger charge is 2.21. The first-order chi connectivity index (χ1) is 11.0. The summed E-state index contributed by atoms with van der Waals surface area (Å²) in [6.07, 6.45) is 2.96. The molecular weight excluding hydrogens is 299 g/mol. The summed E-state index contributed by atoms with van der Waals surface area (Å²) in [5.74, 6) is -0.846. The number of halogens is 1. The van der Waals surface area contributed by atoms with Crippen LogP contribution in [0.5, 0.6) is 11.5 Å². The standard InChI is InChI=1S/C18H27FO4/c1-4-7-13(10-18(20)21)14-11-16(22-8-5-2)17(12-15(14)19)23-9-6-3/h11-13H,4-10H2,1-3H3,(H,20,21). The van der Waals surface area contributed by atoms with Gasteiger partial charge in [-0.3, -0.25) is 4.79 Å². The third-order valence-corrected chi connectivity index (χ3v) is 3.48. The Bertz CT molecular complexity index is 502. The van der Waals surface area contributed by atoms with E-state index in [4.69, 9.17) is 14.6 Å². The Kier molecular flexibility index (Phi) is 8.45. The third-order valence-electron chi connectivity index (χ3n) is 3.48. The number of benzene rings is 1. The van der Waals surface area contributed by atoms with E-state index < -0.39 is 11.8 Å². The van der Waals surface area contributed by atoms with Crippen LogP contribution in [0.4, 0.5) is 4.39 Å². The molecule has 1 aromatic rings. The zero-order chi connectivity index (χ0) is 17.2. The van der Waals surface area contributed by atoms with Gasteiger partial charge in [-0.15, -0.1) is 0 Å². The van der Waals surface area contributed by atoms with Gasteiger partial charge in [0.05, 0.1) is 19.6 Å². The van der Waals surface area contributed by atoms with E-state index >= 15 is 0 Å². The van der Waals surface area contributed by atoms with Crippen molar-refractivity contribution in [3.63, 3.8) is 0 Å². The van der Waals surface area contributed by atoms with Crippen LogP contribution in [-0.4, -0.2) is 24.3 Å². The molecule has 130 valence electrons. The van der Waals surface area contributed by atoms with E-state index in [0.717, 1.165) is 19.3 Å². The van der Waals surface area contributed by atoms with E-state index in [1.807, 2.05) is 20.8 Å². The van der Waals surface area contributed by atoms with Crippen LogP contribution in [0.25, 0.3) is 0 Å². The number of ether oxygens (including phenoxy) is 2. The van der Waals surface area contributed by atoms with Crippen molar-refractivity contribution in [1.82, 2.24) is 0 Å². The zero-order valence-corrected chi connectivity index (χ0v) is 14.2. The Morgan fingerprint density at radius 2 is 1.65 bits per heavy atom. The lowest BCUT2D eigenvalue weighted by Crippen LogP contribution is -2.10. The molecule has 4 nitrogen and oxygen atoms in total. The predicted octanol–water partition coefficient (Wildman–Crippen LogP) is 4.76. The normalized spacial score (nSPS) is 12.0. The van der Waals surface area contributed by atoms with Gasteiger partial charge in [0.25, 0.3) is 0 Å². The molecule has 1 aromatic carbocycles. The molecule has 0 aliphatic heterocycles. The molecule has 0 radical (unpaired) electrons. The van der Waals surface area contributed by atoms with Crippen molar-refractivity contribution in [2.75, 3.05) is 13.2 Å². The minimum Gasteiger partial charge on any atom is -0.490 e. The molecular formula is C18H27FO4. The monoisotopic (exact) mass is 326 g/mol. The molecule has 0 fully saturated rings. The van der Waals surface area contributed by atoms with Gasteiger partial charge in [-0.2, -0.15) is 0 Å². The van der Waals surface area contributed by atoms with Crippen LogP contribution in [0.3, 0.4) is 0 Å². The first-order valence-corrected chi connectivity index (χ1v) is 8.34. The molecule has 1 atom stereocenters. The fourth-order valence-corrected chi connectivity index (χ4v) is 2.44. The number of aliphatic carboxylic acids is 1. The van der Waals surface area contributed by atoms with Gasteiger partial charge in [-0.1, -0.05) is 27.2 Å². The van der Waals surface area contributed by atoms with Gasteiger partial charge >= 0.3 is 5.97 Å². The smallest absolute Gasteiger partial charge is 0.303 e. The second-order valence-corrected chi connectivity index (χ2v) is 5.60. The van der Waals surface area contributed by atoms with E-state index in [-0.39, 0.29) is 12.3 Å². The second kappa shape index (κ2) is 10.1. The molecule has 0 bridgehead atoms. The lowest BCUT2D eigenvalue weighted by molar-refractivity contribution is -0.137. The summed E-state index contributed by atoms with van der Waals surface area (Å²) in [5.41, 5.74) is 0.393. The Balaban J connectivity index is 3.16. The van der Waals surface area contributed by atoms with Gasteiger partial charge in [0.1, 0.15) is 5.82 Å². The molecule has 23 heavy (non-hydrogen) atoms.